The maximum atomic E-state index is 4.57. The third-order valence-corrected chi connectivity index (χ3v) is 12.5. The van der Waals surface area contributed by atoms with Gasteiger partial charge in [-0.2, -0.15) is 0 Å². The molecule has 1 aliphatic rings. The first kappa shape index (κ1) is 32.6. The monoisotopic (exact) mass is 720 g/mol. The fraction of sp³-hybridized carbons (Fsp3) is 0.115. The summed E-state index contributed by atoms with van der Waals surface area (Å²) >= 11 is 0. The Bertz CT molecular complexity index is 2940. The molecule has 6 aromatic carbocycles. The van der Waals surface area contributed by atoms with Crippen molar-refractivity contribution in [1.82, 2.24) is 19.1 Å². The zero-order chi connectivity index (χ0) is 37.7. The SMILES string of the molecule is Cc1ccc(-c2ccc3c(c2)c2cc4c(cc2n3-c2cccnc2)-c2cc3c(cc2C(C)C4C)c2cc(-c4ccc(C)cc4)ccc2n3-c2cccnc2)cc1. The van der Waals surface area contributed by atoms with Crippen molar-refractivity contribution in [3.05, 3.63) is 181 Å². The van der Waals surface area contributed by atoms with Crippen molar-refractivity contribution >= 4 is 43.6 Å². The normalized spacial score (nSPS) is 15.1. The van der Waals surface area contributed by atoms with Crippen LogP contribution in [0, 0.1) is 13.8 Å². The Labute approximate surface area is 326 Å². The van der Waals surface area contributed by atoms with Crippen LogP contribution in [-0.4, -0.2) is 19.1 Å². The minimum absolute atomic E-state index is 0.325. The van der Waals surface area contributed by atoms with Crippen molar-refractivity contribution in [3.8, 4) is 44.8 Å². The minimum Gasteiger partial charge on any atom is -0.308 e. The van der Waals surface area contributed by atoms with Gasteiger partial charge in [-0.1, -0.05) is 85.6 Å². The molecule has 0 aliphatic heterocycles. The third-order valence-electron chi connectivity index (χ3n) is 12.5. The van der Waals surface area contributed by atoms with E-state index in [4.69, 9.17) is 0 Å². The summed E-state index contributed by atoms with van der Waals surface area (Å²) in [5.74, 6) is 0.650. The number of hydrogen-bond donors (Lipinski definition) is 0. The molecule has 4 heteroatoms. The zero-order valence-electron chi connectivity index (χ0n) is 32.0. The van der Waals surface area contributed by atoms with Crippen LogP contribution in [0.15, 0.2) is 158 Å². The first-order chi connectivity index (χ1) is 27.4. The van der Waals surface area contributed by atoms with Crippen molar-refractivity contribution < 1.29 is 0 Å². The number of benzene rings is 6. The molecule has 4 aromatic heterocycles. The van der Waals surface area contributed by atoms with Crippen LogP contribution in [0.2, 0.25) is 0 Å². The predicted molar refractivity (Wildman–Crippen MR) is 233 cm³/mol. The maximum Gasteiger partial charge on any atom is 0.0645 e. The smallest absolute Gasteiger partial charge is 0.0645 e. The highest BCUT2D eigenvalue weighted by Crippen LogP contribution is 2.51. The first-order valence-electron chi connectivity index (χ1n) is 19.6. The Kier molecular flexibility index (Phi) is 7.21. The Morgan fingerprint density at radius 2 is 0.804 bits per heavy atom. The summed E-state index contributed by atoms with van der Waals surface area (Å²) in [7, 11) is 0. The van der Waals surface area contributed by atoms with Crippen molar-refractivity contribution in [2.45, 2.75) is 39.5 Å². The fourth-order valence-electron chi connectivity index (χ4n) is 9.30. The van der Waals surface area contributed by atoms with E-state index < -0.39 is 0 Å². The molecule has 268 valence electrons. The standard InChI is InChI=1S/C52H40N4/c1-31-9-13-35(14-10-31)37-17-19-49-45(23-37)47-25-41-33(3)34(4)42-26-48-46-24-38(36-15-11-32(2)12-16-36)18-20-50(46)56(40-8-6-22-54-30-40)52(48)28-44(42)43(41)27-51(47)55(49)39-7-5-21-53-29-39/h5-30,33-34H,1-4H3. The lowest BCUT2D eigenvalue weighted by molar-refractivity contribution is 0.617. The van der Waals surface area contributed by atoms with Crippen LogP contribution in [0.5, 0.6) is 0 Å². The van der Waals surface area contributed by atoms with Crippen LogP contribution in [-0.2, 0) is 0 Å². The first-order valence-corrected chi connectivity index (χ1v) is 19.6. The summed E-state index contributed by atoms with van der Waals surface area (Å²) in [5, 5.41) is 5.06. The number of nitrogens with zero attached hydrogens (tertiary/aromatic N) is 4. The van der Waals surface area contributed by atoms with Gasteiger partial charge in [0.2, 0.25) is 0 Å². The molecule has 0 bridgehead atoms. The summed E-state index contributed by atoms with van der Waals surface area (Å²) in [6.45, 7) is 9.11. The van der Waals surface area contributed by atoms with E-state index in [-0.39, 0.29) is 0 Å². The van der Waals surface area contributed by atoms with E-state index in [0.717, 1.165) is 11.4 Å². The Morgan fingerprint density at radius 1 is 0.411 bits per heavy atom. The number of pyridine rings is 2. The van der Waals surface area contributed by atoms with Crippen LogP contribution in [0.3, 0.4) is 0 Å². The highest BCUT2D eigenvalue weighted by atomic mass is 15.0. The second kappa shape index (κ2) is 12.4. The van der Waals surface area contributed by atoms with Crippen LogP contribution in [0.25, 0.3) is 88.4 Å². The second-order valence-electron chi connectivity index (χ2n) is 15.8. The molecule has 11 rings (SSSR count). The van der Waals surface area contributed by atoms with Gasteiger partial charge in [0.15, 0.2) is 0 Å². The lowest BCUT2D eigenvalue weighted by atomic mass is 9.72. The Hall–Kier alpha value is -6.78. The quantitative estimate of drug-likeness (QED) is 0.181. The molecule has 0 amide bonds. The van der Waals surface area contributed by atoms with Crippen LogP contribution in [0.4, 0.5) is 0 Å². The summed E-state index contributed by atoms with van der Waals surface area (Å²) in [6.07, 6.45) is 7.66. The van der Waals surface area contributed by atoms with Gasteiger partial charge in [-0.15, -0.1) is 0 Å². The van der Waals surface area contributed by atoms with Gasteiger partial charge >= 0.3 is 0 Å². The molecular formula is C52H40N4. The van der Waals surface area contributed by atoms with Gasteiger partial charge in [0.25, 0.3) is 0 Å². The van der Waals surface area contributed by atoms with Crippen molar-refractivity contribution in [2.24, 2.45) is 0 Å². The highest BCUT2D eigenvalue weighted by molar-refractivity contribution is 6.14. The van der Waals surface area contributed by atoms with Gasteiger partial charge in [-0.3, -0.25) is 9.97 Å². The number of aryl methyl sites for hydroxylation is 2. The van der Waals surface area contributed by atoms with E-state index in [1.54, 1.807) is 0 Å². The fourth-order valence-corrected chi connectivity index (χ4v) is 9.30. The summed E-state index contributed by atoms with van der Waals surface area (Å²) in [5.41, 5.74) is 19.7. The van der Waals surface area contributed by atoms with Gasteiger partial charge in [0.1, 0.15) is 0 Å². The molecule has 0 N–H and O–H groups in total. The largest absolute Gasteiger partial charge is 0.308 e. The molecule has 0 spiro atoms. The number of aromatic nitrogens is 4. The van der Waals surface area contributed by atoms with E-state index in [1.807, 2.05) is 36.9 Å². The van der Waals surface area contributed by atoms with Crippen molar-refractivity contribution in [1.29, 1.82) is 0 Å². The number of rotatable bonds is 4. The van der Waals surface area contributed by atoms with Crippen LogP contribution >= 0.6 is 0 Å². The molecule has 1 aliphatic carbocycles. The molecule has 4 nitrogen and oxygen atoms in total. The maximum absolute atomic E-state index is 4.57. The van der Waals surface area contributed by atoms with E-state index in [0.29, 0.717) is 11.8 Å². The topological polar surface area (TPSA) is 35.6 Å². The molecule has 0 fully saturated rings. The van der Waals surface area contributed by atoms with Crippen LogP contribution in [0.1, 0.15) is 47.9 Å². The molecule has 10 aromatic rings. The van der Waals surface area contributed by atoms with Crippen LogP contribution < -0.4 is 0 Å². The molecule has 4 heterocycles. The van der Waals surface area contributed by atoms with Gasteiger partial charge < -0.3 is 9.13 Å². The third kappa shape index (κ3) is 4.92. The van der Waals surface area contributed by atoms with Crippen molar-refractivity contribution in [3.63, 3.8) is 0 Å². The zero-order valence-corrected chi connectivity index (χ0v) is 32.0. The summed E-state index contributed by atoms with van der Waals surface area (Å²) in [6, 6.07) is 49.9. The summed E-state index contributed by atoms with van der Waals surface area (Å²) in [4.78, 5) is 9.13. The molecule has 2 unspecified atom stereocenters. The van der Waals surface area contributed by atoms with E-state index >= 15 is 0 Å². The van der Waals surface area contributed by atoms with E-state index in [9.17, 15) is 0 Å². The van der Waals surface area contributed by atoms with Gasteiger partial charge in [-0.25, -0.2) is 0 Å². The number of fused-ring (bicyclic) bond motifs is 9. The van der Waals surface area contributed by atoms with E-state index in [1.165, 1.54) is 99.2 Å². The molecule has 0 saturated heterocycles. The van der Waals surface area contributed by atoms with Gasteiger partial charge in [0, 0.05) is 33.9 Å². The molecular weight excluding hydrogens is 681 g/mol. The average molecular weight is 721 g/mol. The lowest BCUT2D eigenvalue weighted by Crippen LogP contribution is -2.13. The molecule has 2 atom stereocenters. The van der Waals surface area contributed by atoms with Crippen molar-refractivity contribution in [2.75, 3.05) is 0 Å². The van der Waals surface area contributed by atoms with E-state index in [2.05, 4.69) is 168 Å². The summed E-state index contributed by atoms with van der Waals surface area (Å²) < 4.78 is 4.80. The van der Waals surface area contributed by atoms with Gasteiger partial charge in [-0.05, 0) is 143 Å². The average Bonchev–Trinajstić information content (AvgIpc) is 3.73. The molecule has 0 saturated carbocycles. The molecule has 0 radical (unpaired) electrons. The van der Waals surface area contributed by atoms with Gasteiger partial charge in [0.05, 0.1) is 45.8 Å². The lowest BCUT2D eigenvalue weighted by Gasteiger charge is -2.32. The highest BCUT2D eigenvalue weighted by Gasteiger charge is 2.31. The Balaban J connectivity index is 1.19. The predicted octanol–water partition coefficient (Wildman–Crippen LogP) is 13.5. The Morgan fingerprint density at radius 3 is 1.20 bits per heavy atom. The second-order valence-corrected chi connectivity index (χ2v) is 15.8. The number of hydrogen-bond acceptors (Lipinski definition) is 2. The minimum atomic E-state index is 0.325. The molecule has 56 heavy (non-hydrogen) atoms.